The number of nitrogens with zero attached hydrogens (tertiary/aromatic N) is 4. The predicted molar refractivity (Wildman–Crippen MR) is 119 cm³/mol. The summed E-state index contributed by atoms with van der Waals surface area (Å²) >= 11 is 0.989. The summed E-state index contributed by atoms with van der Waals surface area (Å²) in [6.45, 7) is 1.23. The lowest BCUT2D eigenvalue weighted by Gasteiger charge is -2.12. The van der Waals surface area contributed by atoms with Crippen molar-refractivity contribution in [3.8, 4) is 17.2 Å². The number of hydrogen-bond donors (Lipinski definition) is 0. The van der Waals surface area contributed by atoms with Crippen LogP contribution in [0.5, 0.6) is 11.5 Å². The van der Waals surface area contributed by atoms with E-state index in [4.69, 9.17) is 9.47 Å². The molecule has 32 heavy (non-hydrogen) atoms. The van der Waals surface area contributed by atoms with Gasteiger partial charge in [-0.1, -0.05) is 0 Å². The number of methoxy groups -OCH3 is 2. The Hall–Kier alpha value is -3.18. The van der Waals surface area contributed by atoms with Gasteiger partial charge in [0, 0.05) is 13.1 Å². The molecule has 9 nitrogen and oxygen atoms in total. The molecule has 0 N–H and O–H groups in total. The third-order valence-electron chi connectivity index (χ3n) is 5.02. The van der Waals surface area contributed by atoms with Crippen LogP contribution in [-0.2, 0) is 10.0 Å². The monoisotopic (exact) mass is 474 g/mol. The maximum Gasteiger partial charge on any atom is 0.283 e. The molecule has 1 saturated heterocycles. The molecule has 0 unspecified atom stereocenters. The molecule has 11 heteroatoms. The summed E-state index contributed by atoms with van der Waals surface area (Å²) in [7, 11) is -0.993. The molecule has 0 spiro atoms. The molecule has 3 aromatic rings. The van der Waals surface area contributed by atoms with E-state index < -0.39 is 10.0 Å². The van der Waals surface area contributed by atoms with Crippen molar-refractivity contribution in [2.45, 2.75) is 17.7 Å². The highest BCUT2D eigenvalue weighted by molar-refractivity contribution is 7.90. The van der Waals surface area contributed by atoms with E-state index in [0.717, 1.165) is 24.4 Å². The zero-order chi connectivity index (χ0) is 22.7. The summed E-state index contributed by atoms with van der Waals surface area (Å²) in [6, 6.07) is 13.0. The number of rotatable bonds is 6. The van der Waals surface area contributed by atoms with Crippen LogP contribution in [0.3, 0.4) is 0 Å². The molecular formula is C21H22N4O5S2. The molecule has 1 aliphatic heterocycles. The fourth-order valence-electron chi connectivity index (χ4n) is 3.27. The predicted octanol–water partition coefficient (Wildman–Crippen LogP) is 2.48. The van der Waals surface area contributed by atoms with Gasteiger partial charge in [-0.2, -0.15) is 12.5 Å². The number of aromatic nitrogens is 2. The average molecular weight is 475 g/mol. The molecule has 168 valence electrons. The number of carbonyl (C=O) groups is 1. The minimum atomic E-state index is -4.06. The SMILES string of the molecule is COc1ccc(-n2nc(C(=O)N3CCCC3)c(=NS(=O)(=O)c3ccc(OC)cc3)s2)cc1. The molecule has 0 radical (unpaired) electrons. The molecule has 4 rings (SSSR count). The summed E-state index contributed by atoms with van der Waals surface area (Å²) in [6.07, 6.45) is 1.82. The Bertz CT molecular complexity index is 1270. The molecule has 1 fully saturated rings. The lowest BCUT2D eigenvalue weighted by Crippen LogP contribution is -2.31. The number of hydrogen-bond acceptors (Lipinski definition) is 7. The zero-order valence-electron chi connectivity index (χ0n) is 17.6. The van der Waals surface area contributed by atoms with Gasteiger partial charge in [-0.3, -0.25) is 4.79 Å². The van der Waals surface area contributed by atoms with Crippen LogP contribution in [0, 0.1) is 0 Å². The van der Waals surface area contributed by atoms with Crippen LogP contribution in [0.1, 0.15) is 23.3 Å². The summed E-state index contributed by atoms with van der Waals surface area (Å²) in [5.74, 6) is 0.880. The quantitative estimate of drug-likeness (QED) is 0.544. The lowest BCUT2D eigenvalue weighted by molar-refractivity contribution is 0.0785. The average Bonchev–Trinajstić information content (AvgIpc) is 3.49. The van der Waals surface area contributed by atoms with Gasteiger partial charge in [0.1, 0.15) is 11.5 Å². The molecule has 1 amide bonds. The number of likely N-dealkylation sites (tertiary alicyclic amines) is 1. The maximum absolute atomic E-state index is 13.1. The highest BCUT2D eigenvalue weighted by Gasteiger charge is 2.26. The van der Waals surface area contributed by atoms with E-state index in [2.05, 4.69) is 9.50 Å². The van der Waals surface area contributed by atoms with Crippen LogP contribution in [0.25, 0.3) is 5.69 Å². The Balaban J connectivity index is 1.80. The Labute approximate surface area is 189 Å². The molecule has 0 saturated carbocycles. The first-order valence-electron chi connectivity index (χ1n) is 9.91. The minimum absolute atomic E-state index is 0.00210. The Kier molecular flexibility index (Phi) is 6.28. The first-order valence-corrected chi connectivity index (χ1v) is 12.1. The zero-order valence-corrected chi connectivity index (χ0v) is 19.2. The third kappa shape index (κ3) is 4.53. The molecule has 1 aromatic heterocycles. The first-order chi connectivity index (χ1) is 15.4. The number of amides is 1. The summed E-state index contributed by atoms with van der Waals surface area (Å²) < 4.78 is 41.7. The van der Waals surface area contributed by atoms with Crippen LogP contribution < -0.4 is 14.1 Å². The fraction of sp³-hybridized carbons (Fsp3) is 0.286. The van der Waals surface area contributed by atoms with E-state index >= 15 is 0 Å². The second-order valence-electron chi connectivity index (χ2n) is 7.06. The second kappa shape index (κ2) is 9.13. The van der Waals surface area contributed by atoms with Crippen molar-refractivity contribution in [3.05, 3.63) is 58.9 Å². The van der Waals surface area contributed by atoms with Crippen LogP contribution in [0.2, 0.25) is 0 Å². The van der Waals surface area contributed by atoms with Gasteiger partial charge < -0.3 is 14.4 Å². The van der Waals surface area contributed by atoms with E-state index in [1.54, 1.807) is 48.4 Å². The minimum Gasteiger partial charge on any atom is -0.497 e. The smallest absolute Gasteiger partial charge is 0.283 e. The molecule has 2 aromatic carbocycles. The lowest BCUT2D eigenvalue weighted by atomic mass is 10.3. The van der Waals surface area contributed by atoms with E-state index in [9.17, 15) is 13.2 Å². The fourth-order valence-corrected chi connectivity index (χ4v) is 5.32. The highest BCUT2D eigenvalue weighted by atomic mass is 32.2. The molecule has 0 bridgehead atoms. The largest absolute Gasteiger partial charge is 0.497 e. The number of benzene rings is 2. The van der Waals surface area contributed by atoms with Crippen molar-refractivity contribution < 1.29 is 22.7 Å². The summed E-state index contributed by atoms with van der Waals surface area (Å²) in [5.41, 5.74) is 0.680. The van der Waals surface area contributed by atoms with Gasteiger partial charge in [0.05, 0.1) is 24.8 Å². The van der Waals surface area contributed by atoms with Gasteiger partial charge in [0.2, 0.25) is 0 Å². The van der Waals surface area contributed by atoms with Gasteiger partial charge in [-0.15, -0.1) is 9.50 Å². The summed E-state index contributed by atoms with van der Waals surface area (Å²) in [4.78, 5) is 14.8. The summed E-state index contributed by atoms with van der Waals surface area (Å²) in [5, 5.41) is 4.41. The van der Waals surface area contributed by atoms with E-state index in [0.29, 0.717) is 30.3 Å². The topological polar surface area (TPSA) is 103 Å². The van der Waals surface area contributed by atoms with Crippen molar-refractivity contribution in [1.29, 1.82) is 0 Å². The van der Waals surface area contributed by atoms with Gasteiger partial charge >= 0.3 is 0 Å². The normalized spacial score (nSPS) is 14.6. The van der Waals surface area contributed by atoms with Gasteiger partial charge in [-0.05, 0) is 72.9 Å². The Morgan fingerprint density at radius 1 is 0.969 bits per heavy atom. The van der Waals surface area contributed by atoms with Gasteiger partial charge in [0.15, 0.2) is 10.4 Å². The van der Waals surface area contributed by atoms with Crippen molar-refractivity contribution in [1.82, 2.24) is 14.1 Å². The molecule has 0 aliphatic carbocycles. The van der Waals surface area contributed by atoms with Gasteiger partial charge in [-0.25, -0.2) is 0 Å². The van der Waals surface area contributed by atoms with Crippen molar-refractivity contribution in [3.63, 3.8) is 0 Å². The Morgan fingerprint density at radius 2 is 1.53 bits per heavy atom. The van der Waals surface area contributed by atoms with Crippen LogP contribution >= 0.6 is 11.5 Å². The van der Waals surface area contributed by atoms with Crippen molar-refractivity contribution in [2.24, 2.45) is 4.40 Å². The highest BCUT2D eigenvalue weighted by Crippen LogP contribution is 2.19. The molecular weight excluding hydrogens is 452 g/mol. The van der Waals surface area contributed by atoms with Crippen LogP contribution in [0.4, 0.5) is 0 Å². The number of ether oxygens (including phenoxy) is 2. The van der Waals surface area contributed by atoms with E-state index in [1.807, 2.05) is 0 Å². The van der Waals surface area contributed by atoms with Crippen LogP contribution in [-0.4, -0.2) is 55.7 Å². The van der Waals surface area contributed by atoms with Gasteiger partial charge in [0.25, 0.3) is 15.9 Å². The van der Waals surface area contributed by atoms with Crippen LogP contribution in [0.15, 0.2) is 57.8 Å². The molecule has 0 atom stereocenters. The molecule has 2 heterocycles. The van der Waals surface area contributed by atoms with Crippen molar-refractivity contribution >= 4 is 27.5 Å². The molecule has 1 aliphatic rings. The Morgan fingerprint density at radius 3 is 2.09 bits per heavy atom. The number of carbonyl (C=O) groups excluding carboxylic acids is 1. The van der Waals surface area contributed by atoms with E-state index in [1.165, 1.54) is 23.3 Å². The third-order valence-corrected chi connectivity index (χ3v) is 7.35. The first kappa shape index (κ1) is 22.0. The van der Waals surface area contributed by atoms with E-state index in [-0.39, 0.29) is 21.2 Å². The maximum atomic E-state index is 13.1. The standard InChI is InChI=1S/C21H22N4O5S2/c1-29-16-7-5-15(6-8-16)25-22-19(21(26)24-13-3-4-14-24)20(31-25)23-32(27,28)18-11-9-17(30-2)10-12-18/h5-12H,3-4,13-14H2,1-2H3. The van der Waals surface area contributed by atoms with Crippen molar-refractivity contribution in [2.75, 3.05) is 27.3 Å². The second-order valence-corrected chi connectivity index (χ2v) is 9.58. The number of sulfonamides is 1.